The van der Waals surface area contributed by atoms with Gasteiger partial charge in [-0.1, -0.05) is 35.4 Å². The lowest BCUT2D eigenvalue weighted by Gasteiger charge is -2.08. The van der Waals surface area contributed by atoms with Crippen LogP contribution < -0.4 is 10.7 Å². The third-order valence-electron chi connectivity index (χ3n) is 3.64. The first kappa shape index (κ1) is 18.7. The Morgan fingerprint density at radius 2 is 1.76 bits per heavy atom. The predicted molar refractivity (Wildman–Crippen MR) is 100 cm³/mol. The average Bonchev–Trinajstić information content (AvgIpc) is 2.58. The summed E-state index contributed by atoms with van der Waals surface area (Å²) in [7, 11) is 0. The molecule has 0 aliphatic carbocycles. The Morgan fingerprint density at radius 3 is 2.40 bits per heavy atom. The summed E-state index contributed by atoms with van der Waals surface area (Å²) in [5.74, 6) is -0.742. The highest BCUT2D eigenvalue weighted by Gasteiger charge is 2.08. The summed E-state index contributed by atoms with van der Waals surface area (Å²) in [6, 6.07) is 12.5. The maximum absolute atomic E-state index is 11.9. The number of amides is 2. The molecule has 0 aromatic heterocycles. The molecule has 0 heterocycles. The van der Waals surface area contributed by atoms with Crippen molar-refractivity contribution in [2.45, 2.75) is 20.8 Å². The summed E-state index contributed by atoms with van der Waals surface area (Å²) in [5, 5.41) is 7.18. The van der Waals surface area contributed by atoms with Crippen LogP contribution in [0.25, 0.3) is 0 Å². The topological polar surface area (TPSA) is 70.6 Å². The van der Waals surface area contributed by atoms with Gasteiger partial charge in [0, 0.05) is 16.1 Å². The van der Waals surface area contributed by atoms with Gasteiger partial charge in [0.25, 0.3) is 11.8 Å². The van der Waals surface area contributed by atoms with Crippen LogP contribution in [-0.2, 0) is 4.79 Å². The molecule has 130 valence electrons. The van der Waals surface area contributed by atoms with E-state index in [1.54, 1.807) is 24.3 Å². The van der Waals surface area contributed by atoms with Crippen molar-refractivity contribution in [3.8, 4) is 0 Å². The number of carbonyl (C=O) groups is 2. The summed E-state index contributed by atoms with van der Waals surface area (Å²) in [6.45, 7) is 5.68. The molecule has 2 amide bonds. The fraction of sp³-hybridized carbons (Fsp3) is 0.211. The minimum atomic E-state index is -0.397. The van der Waals surface area contributed by atoms with Crippen LogP contribution in [0.5, 0.6) is 0 Å². The Bertz CT molecular complexity index is 814. The Hall–Kier alpha value is -2.66. The lowest BCUT2D eigenvalue weighted by atomic mass is 10.0. The number of hydrogen-bond donors (Lipinski definition) is 2. The molecule has 0 fully saturated rings. The second-order valence-corrected chi connectivity index (χ2v) is 6.18. The van der Waals surface area contributed by atoms with Crippen molar-refractivity contribution < 1.29 is 9.59 Å². The van der Waals surface area contributed by atoms with E-state index in [4.69, 9.17) is 11.6 Å². The van der Waals surface area contributed by atoms with Crippen molar-refractivity contribution in [3.05, 3.63) is 69.7 Å². The summed E-state index contributed by atoms with van der Waals surface area (Å²) in [6.07, 6.45) is 0. The van der Waals surface area contributed by atoms with Crippen LogP contribution in [0, 0.1) is 13.8 Å². The van der Waals surface area contributed by atoms with Crippen LogP contribution in [0.2, 0.25) is 5.02 Å². The molecular weight excluding hydrogens is 338 g/mol. The highest BCUT2D eigenvalue weighted by Crippen LogP contribution is 2.11. The maximum atomic E-state index is 11.9. The Morgan fingerprint density at radius 1 is 1.08 bits per heavy atom. The molecule has 2 rings (SSSR count). The van der Waals surface area contributed by atoms with Gasteiger partial charge in [-0.25, -0.2) is 5.43 Å². The zero-order valence-corrected chi connectivity index (χ0v) is 15.1. The quantitative estimate of drug-likeness (QED) is 0.637. The van der Waals surface area contributed by atoms with Crippen LogP contribution in [0.1, 0.15) is 34.0 Å². The lowest BCUT2D eigenvalue weighted by Crippen LogP contribution is -2.35. The molecule has 0 unspecified atom stereocenters. The van der Waals surface area contributed by atoms with Crippen molar-refractivity contribution in [1.29, 1.82) is 0 Å². The Kier molecular flexibility index (Phi) is 6.31. The van der Waals surface area contributed by atoms with Crippen LogP contribution >= 0.6 is 11.6 Å². The number of rotatable bonds is 5. The van der Waals surface area contributed by atoms with Gasteiger partial charge in [0.2, 0.25) is 0 Å². The van der Waals surface area contributed by atoms with E-state index >= 15 is 0 Å². The molecule has 0 bridgehead atoms. The fourth-order valence-corrected chi connectivity index (χ4v) is 2.46. The second-order valence-electron chi connectivity index (χ2n) is 5.74. The van der Waals surface area contributed by atoms with Crippen LogP contribution in [0.4, 0.5) is 0 Å². The molecule has 5 nitrogen and oxygen atoms in total. The zero-order chi connectivity index (χ0) is 18.4. The van der Waals surface area contributed by atoms with Gasteiger partial charge >= 0.3 is 0 Å². The van der Waals surface area contributed by atoms with Crippen molar-refractivity contribution in [3.63, 3.8) is 0 Å². The fourth-order valence-electron chi connectivity index (χ4n) is 2.33. The number of hydrazone groups is 1. The molecule has 6 heteroatoms. The van der Waals surface area contributed by atoms with E-state index in [-0.39, 0.29) is 12.5 Å². The number of hydrogen-bond acceptors (Lipinski definition) is 3. The molecular formula is C19H20ClN3O2. The van der Waals surface area contributed by atoms with E-state index < -0.39 is 5.91 Å². The molecule has 0 aliphatic heterocycles. The molecule has 2 aromatic rings. The highest BCUT2D eigenvalue weighted by molar-refractivity contribution is 6.30. The summed E-state index contributed by atoms with van der Waals surface area (Å²) >= 11 is 5.77. The Labute approximate surface area is 152 Å². The average molecular weight is 358 g/mol. The number of nitrogens with one attached hydrogen (secondary N) is 2. The van der Waals surface area contributed by atoms with Crippen molar-refractivity contribution >= 4 is 29.1 Å². The highest BCUT2D eigenvalue weighted by atomic mass is 35.5. The zero-order valence-electron chi connectivity index (χ0n) is 14.4. The van der Waals surface area contributed by atoms with E-state index in [2.05, 4.69) is 21.9 Å². The van der Waals surface area contributed by atoms with E-state index in [1.807, 2.05) is 32.9 Å². The maximum Gasteiger partial charge on any atom is 0.259 e. The number of benzene rings is 2. The van der Waals surface area contributed by atoms with Crippen LogP contribution in [-0.4, -0.2) is 24.1 Å². The van der Waals surface area contributed by atoms with E-state index in [9.17, 15) is 9.59 Å². The third-order valence-corrected chi connectivity index (χ3v) is 3.89. The predicted octanol–water partition coefficient (Wildman–Crippen LogP) is 3.23. The van der Waals surface area contributed by atoms with Gasteiger partial charge < -0.3 is 5.32 Å². The van der Waals surface area contributed by atoms with Crippen LogP contribution in [0.15, 0.2) is 47.6 Å². The molecule has 0 atom stereocenters. The van der Waals surface area contributed by atoms with Gasteiger partial charge in [-0.2, -0.15) is 5.10 Å². The number of aryl methyl sites for hydroxylation is 2. The largest absolute Gasteiger partial charge is 0.343 e. The van der Waals surface area contributed by atoms with E-state index in [0.717, 1.165) is 11.1 Å². The van der Waals surface area contributed by atoms with Gasteiger partial charge in [0.1, 0.15) is 0 Å². The first-order valence-corrected chi connectivity index (χ1v) is 8.19. The first-order valence-electron chi connectivity index (χ1n) is 7.81. The summed E-state index contributed by atoms with van der Waals surface area (Å²) in [5.41, 5.74) is 6.82. The molecule has 25 heavy (non-hydrogen) atoms. The molecule has 2 N–H and O–H groups in total. The van der Waals surface area contributed by atoms with Gasteiger partial charge in [0.15, 0.2) is 0 Å². The first-order chi connectivity index (χ1) is 11.9. The van der Waals surface area contributed by atoms with Gasteiger partial charge in [-0.3, -0.25) is 9.59 Å². The summed E-state index contributed by atoms with van der Waals surface area (Å²) in [4.78, 5) is 23.8. The van der Waals surface area contributed by atoms with Crippen molar-refractivity contribution in [2.24, 2.45) is 5.10 Å². The van der Waals surface area contributed by atoms with Gasteiger partial charge in [-0.05, 0) is 50.6 Å². The van der Waals surface area contributed by atoms with Crippen molar-refractivity contribution in [1.82, 2.24) is 10.7 Å². The molecule has 0 saturated carbocycles. The van der Waals surface area contributed by atoms with Crippen molar-refractivity contribution in [2.75, 3.05) is 6.54 Å². The molecule has 0 radical (unpaired) electrons. The third kappa shape index (κ3) is 5.43. The standard InChI is InChI=1S/C19H20ClN3O2/c1-12-4-9-17(13(2)10-12)14(3)22-23-18(24)11-21-19(25)15-5-7-16(20)8-6-15/h4-10H,11H2,1-3H3,(H,21,25)(H,23,24). The number of nitrogens with zero attached hydrogens (tertiary/aromatic N) is 1. The minimum Gasteiger partial charge on any atom is -0.343 e. The summed E-state index contributed by atoms with van der Waals surface area (Å²) < 4.78 is 0. The molecule has 0 saturated heterocycles. The Balaban J connectivity index is 1.89. The molecule has 2 aromatic carbocycles. The smallest absolute Gasteiger partial charge is 0.259 e. The lowest BCUT2D eigenvalue weighted by molar-refractivity contribution is -0.120. The van der Waals surface area contributed by atoms with E-state index in [1.165, 1.54) is 5.56 Å². The minimum absolute atomic E-state index is 0.162. The van der Waals surface area contributed by atoms with Crippen LogP contribution in [0.3, 0.4) is 0 Å². The van der Waals surface area contributed by atoms with Gasteiger partial charge in [0.05, 0.1) is 12.3 Å². The number of halogens is 1. The van der Waals surface area contributed by atoms with E-state index in [0.29, 0.717) is 16.3 Å². The second kappa shape index (κ2) is 8.44. The molecule has 0 spiro atoms. The molecule has 0 aliphatic rings. The van der Waals surface area contributed by atoms with Gasteiger partial charge in [-0.15, -0.1) is 0 Å². The number of carbonyl (C=O) groups excluding carboxylic acids is 2. The monoisotopic (exact) mass is 357 g/mol. The normalized spacial score (nSPS) is 11.1. The SMILES string of the molecule is CC(=NNC(=O)CNC(=O)c1ccc(Cl)cc1)c1ccc(C)cc1C.